The molecule has 4 aromatic rings. The fourth-order valence-corrected chi connectivity index (χ4v) is 3.96. The van der Waals surface area contributed by atoms with E-state index in [1.807, 2.05) is 19.9 Å². The number of nitrogens with zero attached hydrogens (tertiary/aromatic N) is 3. The van der Waals surface area contributed by atoms with Crippen molar-refractivity contribution in [2.75, 3.05) is 15.5 Å². The van der Waals surface area contributed by atoms with Gasteiger partial charge in [0.2, 0.25) is 5.95 Å². The molecule has 0 saturated heterocycles. The van der Waals surface area contributed by atoms with Gasteiger partial charge in [0, 0.05) is 28.3 Å². The Morgan fingerprint density at radius 1 is 0.778 bits per heavy atom. The van der Waals surface area contributed by atoms with E-state index in [9.17, 15) is 18.8 Å². The Morgan fingerprint density at radius 2 is 1.39 bits per heavy atom. The molecular weight excluding hydrogens is 461 g/mol. The number of carbonyl (C=O) groups is 3. The van der Waals surface area contributed by atoms with E-state index in [1.165, 1.54) is 42.5 Å². The van der Waals surface area contributed by atoms with E-state index in [2.05, 4.69) is 20.6 Å². The number of hydrogen-bond acceptors (Lipinski definition) is 6. The molecule has 5 rings (SSSR count). The number of rotatable bonds is 5. The molecule has 0 bridgehead atoms. The average molecular weight is 481 g/mol. The number of carbonyl (C=O) groups excluding carboxylic acids is 3. The summed E-state index contributed by atoms with van der Waals surface area (Å²) >= 11 is 0. The number of benzene rings is 3. The van der Waals surface area contributed by atoms with Crippen LogP contribution in [0.1, 0.15) is 42.5 Å². The van der Waals surface area contributed by atoms with Crippen molar-refractivity contribution in [2.45, 2.75) is 13.8 Å². The molecule has 178 valence electrons. The fraction of sp³-hybridized carbons (Fsp3) is 0.0741. The van der Waals surface area contributed by atoms with Crippen molar-refractivity contribution < 1.29 is 18.8 Å². The monoisotopic (exact) mass is 481 g/mol. The molecule has 0 radical (unpaired) electrons. The van der Waals surface area contributed by atoms with E-state index in [1.54, 1.807) is 24.3 Å². The van der Waals surface area contributed by atoms with Crippen molar-refractivity contribution in [3.63, 3.8) is 0 Å². The molecular formula is C27H20FN5O3. The molecule has 2 N–H and O–H groups in total. The van der Waals surface area contributed by atoms with Crippen LogP contribution in [0.15, 0.2) is 72.8 Å². The molecule has 2 heterocycles. The standard InChI is InChI=1S/C27H20FN5O3/c1-15-13-16(2)30-27(29-15)32-20-8-6-19(7-9-20)31-24(34)17-3-12-22-23(14-17)26(36)33(25(22)35)21-10-4-18(28)5-11-21/h3-14H,1-2H3,(H,31,34)(H,29,30,32). The molecule has 36 heavy (non-hydrogen) atoms. The maximum Gasteiger partial charge on any atom is 0.266 e. The Kier molecular flexibility index (Phi) is 5.73. The third kappa shape index (κ3) is 4.41. The fourth-order valence-electron chi connectivity index (χ4n) is 3.96. The number of halogens is 1. The largest absolute Gasteiger partial charge is 0.324 e. The van der Waals surface area contributed by atoms with Gasteiger partial charge in [-0.1, -0.05) is 0 Å². The predicted octanol–water partition coefficient (Wildman–Crippen LogP) is 5.03. The van der Waals surface area contributed by atoms with Gasteiger partial charge in [-0.2, -0.15) is 0 Å². The molecule has 8 nitrogen and oxygen atoms in total. The smallest absolute Gasteiger partial charge is 0.266 e. The highest BCUT2D eigenvalue weighted by atomic mass is 19.1. The number of fused-ring (bicyclic) bond motifs is 1. The van der Waals surface area contributed by atoms with Crippen LogP contribution in [0.3, 0.4) is 0 Å². The van der Waals surface area contributed by atoms with Crippen LogP contribution in [0.4, 0.5) is 27.4 Å². The van der Waals surface area contributed by atoms with Crippen molar-refractivity contribution in [1.82, 2.24) is 9.97 Å². The van der Waals surface area contributed by atoms with Crippen LogP contribution in [-0.4, -0.2) is 27.7 Å². The lowest BCUT2D eigenvalue weighted by Gasteiger charge is -2.13. The van der Waals surface area contributed by atoms with Crippen LogP contribution >= 0.6 is 0 Å². The van der Waals surface area contributed by atoms with Crippen molar-refractivity contribution >= 4 is 40.7 Å². The summed E-state index contributed by atoms with van der Waals surface area (Å²) in [6.07, 6.45) is 0. The van der Waals surface area contributed by atoms with Crippen LogP contribution in [0.5, 0.6) is 0 Å². The normalized spacial score (nSPS) is 12.5. The SMILES string of the molecule is Cc1cc(C)nc(Nc2ccc(NC(=O)c3ccc4c(c3)C(=O)N(c3ccc(F)cc3)C4=O)cc2)n1. The minimum atomic E-state index is -0.569. The second-order valence-corrected chi connectivity index (χ2v) is 8.31. The van der Waals surface area contributed by atoms with Gasteiger partial charge in [0.25, 0.3) is 17.7 Å². The second kappa shape index (κ2) is 9.03. The predicted molar refractivity (Wildman–Crippen MR) is 133 cm³/mol. The summed E-state index contributed by atoms with van der Waals surface area (Å²) < 4.78 is 13.3. The van der Waals surface area contributed by atoms with Crippen molar-refractivity contribution in [3.05, 3.63) is 107 Å². The summed E-state index contributed by atoms with van der Waals surface area (Å²) in [4.78, 5) is 48.2. The van der Waals surface area contributed by atoms with Gasteiger partial charge < -0.3 is 10.6 Å². The van der Waals surface area contributed by atoms with Crippen LogP contribution in [-0.2, 0) is 0 Å². The Hall–Kier alpha value is -4.92. The lowest BCUT2D eigenvalue weighted by molar-refractivity contribution is 0.0925. The first kappa shape index (κ1) is 22.9. The van der Waals surface area contributed by atoms with E-state index in [4.69, 9.17) is 0 Å². The minimum absolute atomic E-state index is 0.116. The van der Waals surface area contributed by atoms with E-state index in [-0.39, 0.29) is 22.4 Å². The van der Waals surface area contributed by atoms with E-state index < -0.39 is 23.5 Å². The quantitative estimate of drug-likeness (QED) is 0.388. The zero-order valence-electron chi connectivity index (χ0n) is 19.4. The van der Waals surface area contributed by atoms with Crippen LogP contribution < -0.4 is 15.5 Å². The summed E-state index contributed by atoms with van der Waals surface area (Å²) in [5.41, 5.74) is 3.78. The molecule has 3 aromatic carbocycles. The number of nitrogens with one attached hydrogen (secondary N) is 2. The molecule has 0 spiro atoms. The van der Waals surface area contributed by atoms with Crippen LogP contribution in [0.25, 0.3) is 0 Å². The van der Waals surface area contributed by atoms with Gasteiger partial charge in [0.15, 0.2) is 0 Å². The van der Waals surface area contributed by atoms with Gasteiger partial charge in [0.05, 0.1) is 16.8 Å². The number of imide groups is 1. The molecule has 3 amide bonds. The Labute approximate surface area is 205 Å². The summed E-state index contributed by atoms with van der Waals surface area (Å²) in [5, 5.41) is 5.91. The highest BCUT2D eigenvalue weighted by Gasteiger charge is 2.37. The molecule has 1 aromatic heterocycles. The zero-order valence-corrected chi connectivity index (χ0v) is 19.4. The van der Waals surface area contributed by atoms with E-state index in [0.717, 1.165) is 22.0 Å². The number of hydrogen-bond donors (Lipinski definition) is 2. The molecule has 0 atom stereocenters. The van der Waals surface area contributed by atoms with Gasteiger partial charge in [-0.15, -0.1) is 0 Å². The molecule has 0 saturated carbocycles. The van der Waals surface area contributed by atoms with Crippen molar-refractivity contribution in [2.24, 2.45) is 0 Å². The summed E-state index contributed by atoms with van der Waals surface area (Å²) in [6, 6.07) is 18.3. The second-order valence-electron chi connectivity index (χ2n) is 8.31. The summed E-state index contributed by atoms with van der Waals surface area (Å²) in [7, 11) is 0. The lowest BCUT2D eigenvalue weighted by Crippen LogP contribution is -2.29. The molecule has 0 aliphatic carbocycles. The van der Waals surface area contributed by atoms with Crippen LogP contribution in [0.2, 0.25) is 0 Å². The Morgan fingerprint density at radius 3 is 2.06 bits per heavy atom. The maximum atomic E-state index is 13.3. The first-order valence-electron chi connectivity index (χ1n) is 11.1. The minimum Gasteiger partial charge on any atom is -0.324 e. The number of aryl methyl sites for hydroxylation is 2. The number of anilines is 4. The molecule has 0 unspecified atom stereocenters. The van der Waals surface area contributed by atoms with Gasteiger partial charge in [-0.3, -0.25) is 14.4 Å². The maximum absolute atomic E-state index is 13.3. The Balaban J connectivity index is 1.30. The van der Waals surface area contributed by atoms with Gasteiger partial charge in [0.1, 0.15) is 5.82 Å². The third-order valence-electron chi connectivity index (χ3n) is 5.61. The highest BCUT2D eigenvalue weighted by molar-refractivity contribution is 6.34. The molecule has 9 heteroatoms. The number of amides is 3. The number of aromatic nitrogens is 2. The molecule has 0 fully saturated rings. The van der Waals surface area contributed by atoms with Crippen LogP contribution in [0, 0.1) is 19.7 Å². The van der Waals surface area contributed by atoms with Gasteiger partial charge in [-0.05, 0) is 86.6 Å². The van der Waals surface area contributed by atoms with E-state index in [0.29, 0.717) is 11.6 Å². The topological polar surface area (TPSA) is 104 Å². The first-order chi connectivity index (χ1) is 17.3. The zero-order chi connectivity index (χ0) is 25.4. The van der Waals surface area contributed by atoms with Gasteiger partial charge in [-0.25, -0.2) is 19.3 Å². The average Bonchev–Trinajstić information content (AvgIpc) is 3.09. The lowest BCUT2D eigenvalue weighted by atomic mass is 10.1. The summed E-state index contributed by atoms with van der Waals surface area (Å²) in [6.45, 7) is 3.78. The molecule has 1 aliphatic heterocycles. The van der Waals surface area contributed by atoms with Gasteiger partial charge >= 0.3 is 0 Å². The van der Waals surface area contributed by atoms with Crippen molar-refractivity contribution in [3.8, 4) is 0 Å². The third-order valence-corrected chi connectivity index (χ3v) is 5.61. The Bertz CT molecular complexity index is 1500. The summed E-state index contributed by atoms with van der Waals surface area (Å²) in [5.74, 6) is -1.52. The molecule has 1 aliphatic rings. The van der Waals surface area contributed by atoms with E-state index >= 15 is 0 Å². The highest BCUT2D eigenvalue weighted by Crippen LogP contribution is 2.29. The van der Waals surface area contributed by atoms with Crippen molar-refractivity contribution in [1.29, 1.82) is 0 Å². The first-order valence-corrected chi connectivity index (χ1v) is 11.1.